The summed E-state index contributed by atoms with van der Waals surface area (Å²) in [6.45, 7) is 1.15. The fraction of sp³-hybridized carbons (Fsp3) is 0.167. The number of nitrogens with zero attached hydrogens (tertiary/aromatic N) is 1. The number of rotatable bonds is 7. The summed E-state index contributed by atoms with van der Waals surface area (Å²) in [7, 11) is 2.04. The Morgan fingerprint density at radius 2 is 1.84 bits per heavy atom. The van der Waals surface area contributed by atoms with Crippen LogP contribution in [0.1, 0.15) is 11.1 Å². The predicted octanol–water partition coefficient (Wildman–Crippen LogP) is 3.43. The minimum atomic E-state index is -0.487. The molecule has 2 heterocycles. The van der Waals surface area contributed by atoms with Crippen LogP contribution in [0.15, 0.2) is 77.9 Å². The number of imide groups is 1. The second-order valence-electron chi connectivity index (χ2n) is 7.44. The number of nitrogen functional groups attached to an aromatic ring is 1. The lowest BCUT2D eigenvalue weighted by Crippen LogP contribution is -2.53. The second-order valence-corrected chi connectivity index (χ2v) is 8.46. The minimum absolute atomic E-state index is 0.347. The number of hydrogen-bond donors (Lipinski definition) is 3. The van der Waals surface area contributed by atoms with E-state index in [4.69, 9.17) is 10.5 Å². The predicted molar refractivity (Wildman–Crippen MR) is 128 cm³/mol. The van der Waals surface area contributed by atoms with Crippen LogP contribution in [0.3, 0.4) is 0 Å². The van der Waals surface area contributed by atoms with Crippen molar-refractivity contribution in [2.75, 3.05) is 25.9 Å². The van der Waals surface area contributed by atoms with Gasteiger partial charge in [-0.3, -0.25) is 19.8 Å². The fourth-order valence-electron chi connectivity index (χ4n) is 3.56. The first-order valence-corrected chi connectivity index (χ1v) is 10.9. The molecule has 164 valence electrons. The largest absolute Gasteiger partial charge is 0.492 e. The van der Waals surface area contributed by atoms with Gasteiger partial charge in [-0.1, -0.05) is 30.3 Å². The van der Waals surface area contributed by atoms with Gasteiger partial charge < -0.3 is 15.8 Å². The molecule has 2 amide bonds. The van der Waals surface area contributed by atoms with Crippen molar-refractivity contribution in [3.05, 3.63) is 89.0 Å². The summed E-state index contributed by atoms with van der Waals surface area (Å²) in [5.74, 6) is 0.368. The molecule has 0 bridgehead atoms. The van der Waals surface area contributed by atoms with Crippen molar-refractivity contribution in [3.63, 3.8) is 0 Å². The average Bonchev–Trinajstić information content (AvgIpc) is 3.12. The van der Waals surface area contributed by atoms with E-state index in [-0.39, 0.29) is 11.1 Å². The van der Waals surface area contributed by atoms with E-state index in [1.807, 2.05) is 73.9 Å². The maximum absolute atomic E-state index is 11.7. The first kappa shape index (κ1) is 21.7. The van der Waals surface area contributed by atoms with Crippen molar-refractivity contribution in [2.24, 2.45) is 0 Å². The third-order valence-corrected chi connectivity index (χ3v) is 6.13. The van der Waals surface area contributed by atoms with E-state index in [2.05, 4.69) is 21.6 Å². The molecule has 2 aromatic carbocycles. The van der Waals surface area contributed by atoms with Crippen molar-refractivity contribution in [2.45, 2.75) is 5.66 Å². The van der Waals surface area contributed by atoms with Gasteiger partial charge in [0.05, 0.1) is 4.91 Å². The van der Waals surface area contributed by atoms with E-state index in [1.165, 1.54) is 0 Å². The molecule has 32 heavy (non-hydrogen) atoms. The highest BCUT2D eigenvalue weighted by Crippen LogP contribution is 2.29. The molecule has 0 spiro atoms. The van der Waals surface area contributed by atoms with Crippen LogP contribution in [0.25, 0.3) is 6.08 Å². The van der Waals surface area contributed by atoms with Gasteiger partial charge >= 0.3 is 0 Å². The summed E-state index contributed by atoms with van der Waals surface area (Å²) in [4.78, 5) is 25.5. The van der Waals surface area contributed by atoms with Crippen molar-refractivity contribution in [1.29, 1.82) is 0 Å². The van der Waals surface area contributed by atoms with Crippen LogP contribution >= 0.6 is 11.8 Å². The SMILES string of the molecule is CN(CCOc1ccc(/C=C2\SC(=O)NC2=O)cc1)C1(c2ccc(N)cc2)C=CC=CN1. The number of dihydropyridines is 1. The van der Waals surface area contributed by atoms with Crippen LogP contribution in [0.2, 0.25) is 0 Å². The molecule has 0 radical (unpaired) electrons. The van der Waals surface area contributed by atoms with Gasteiger partial charge in [-0.15, -0.1) is 0 Å². The maximum atomic E-state index is 11.7. The number of nitrogens with two attached hydrogens (primary N) is 1. The van der Waals surface area contributed by atoms with Gasteiger partial charge in [0.25, 0.3) is 11.1 Å². The lowest BCUT2D eigenvalue weighted by atomic mass is 9.95. The lowest BCUT2D eigenvalue weighted by molar-refractivity contribution is -0.115. The van der Waals surface area contributed by atoms with Crippen LogP contribution in [-0.2, 0) is 10.5 Å². The highest BCUT2D eigenvalue weighted by atomic mass is 32.2. The van der Waals surface area contributed by atoms with Gasteiger partial charge in [-0.05, 0) is 78.6 Å². The monoisotopic (exact) mass is 448 g/mol. The molecule has 0 aromatic heterocycles. The number of likely N-dealkylation sites (N-methyl/N-ethyl adjacent to an activating group) is 1. The summed E-state index contributed by atoms with van der Waals surface area (Å²) in [6.07, 6.45) is 9.71. The lowest BCUT2D eigenvalue weighted by Gasteiger charge is -2.41. The minimum Gasteiger partial charge on any atom is -0.492 e. The standard InChI is InChI=1S/C24H24N4O3S/c1-28(24(12-2-3-13-26-24)18-6-8-19(25)9-7-18)14-15-31-20-10-4-17(5-11-20)16-21-22(29)27-23(30)32-21/h2-13,16,26H,14-15,25H2,1H3,(H,27,29,30)/b21-16-. The number of amides is 2. The molecular formula is C24H24N4O3S. The van der Waals surface area contributed by atoms with Crippen LogP contribution in [-0.4, -0.2) is 36.2 Å². The number of carbonyl (C=O) groups is 2. The number of carbonyl (C=O) groups excluding carboxylic acids is 2. The zero-order valence-corrected chi connectivity index (χ0v) is 18.4. The number of anilines is 1. The zero-order valence-electron chi connectivity index (χ0n) is 17.6. The highest BCUT2D eigenvalue weighted by Gasteiger charge is 2.33. The Morgan fingerprint density at radius 1 is 1.09 bits per heavy atom. The number of ether oxygens (including phenoxy) is 1. The van der Waals surface area contributed by atoms with Crippen LogP contribution < -0.4 is 21.1 Å². The fourth-order valence-corrected chi connectivity index (χ4v) is 4.24. The topological polar surface area (TPSA) is 96.7 Å². The molecule has 8 heteroatoms. The molecule has 0 aliphatic carbocycles. The molecule has 4 N–H and O–H groups in total. The Balaban J connectivity index is 1.38. The summed E-state index contributed by atoms with van der Waals surface area (Å²) < 4.78 is 5.94. The average molecular weight is 449 g/mol. The van der Waals surface area contributed by atoms with Crippen LogP contribution in [0.4, 0.5) is 10.5 Å². The van der Waals surface area contributed by atoms with E-state index < -0.39 is 5.66 Å². The zero-order chi connectivity index (χ0) is 22.6. The van der Waals surface area contributed by atoms with E-state index >= 15 is 0 Å². The molecule has 1 unspecified atom stereocenters. The first-order valence-electron chi connectivity index (χ1n) is 10.1. The molecule has 1 saturated heterocycles. The van der Waals surface area contributed by atoms with Gasteiger partial charge in [-0.2, -0.15) is 0 Å². The normalized spacial score (nSPS) is 21.1. The Hall–Kier alpha value is -3.49. The maximum Gasteiger partial charge on any atom is 0.290 e. The van der Waals surface area contributed by atoms with Gasteiger partial charge in [0.2, 0.25) is 0 Å². The molecule has 4 rings (SSSR count). The van der Waals surface area contributed by atoms with Crippen molar-refractivity contribution < 1.29 is 14.3 Å². The molecule has 1 fully saturated rings. The highest BCUT2D eigenvalue weighted by molar-refractivity contribution is 8.18. The summed E-state index contributed by atoms with van der Waals surface area (Å²) >= 11 is 0.903. The smallest absolute Gasteiger partial charge is 0.290 e. The molecule has 1 atom stereocenters. The molecule has 2 aliphatic heterocycles. The molecule has 2 aromatic rings. The number of allylic oxidation sites excluding steroid dienone is 2. The van der Waals surface area contributed by atoms with E-state index in [0.29, 0.717) is 18.1 Å². The van der Waals surface area contributed by atoms with Gasteiger partial charge in [0.1, 0.15) is 18.0 Å². The third kappa shape index (κ3) is 4.71. The number of benzene rings is 2. The van der Waals surface area contributed by atoms with Crippen LogP contribution in [0, 0.1) is 0 Å². The molecule has 7 nitrogen and oxygen atoms in total. The molecular weight excluding hydrogens is 424 g/mol. The van der Waals surface area contributed by atoms with Gasteiger partial charge in [0, 0.05) is 12.2 Å². The van der Waals surface area contributed by atoms with Gasteiger partial charge in [0.15, 0.2) is 0 Å². The third-order valence-electron chi connectivity index (χ3n) is 5.32. The van der Waals surface area contributed by atoms with Crippen molar-refractivity contribution >= 4 is 34.7 Å². The number of hydrogen-bond acceptors (Lipinski definition) is 7. The Bertz CT molecular complexity index is 1090. The Kier molecular flexibility index (Phi) is 6.34. The van der Waals surface area contributed by atoms with Gasteiger partial charge in [-0.25, -0.2) is 0 Å². The second kappa shape index (κ2) is 9.33. The Labute approximate surface area is 191 Å². The van der Waals surface area contributed by atoms with E-state index in [1.54, 1.807) is 6.08 Å². The number of nitrogens with one attached hydrogen (secondary N) is 2. The van der Waals surface area contributed by atoms with Crippen LogP contribution in [0.5, 0.6) is 5.75 Å². The summed E-state index contributed by atoms with van der Waals surface area (Å²) in [6, 6.07) is 15.3. The first-order chi connectivity index (χ1) is 15.5. The quantitative estimate of drug-likeness (QED) is 0.441. The molecule has 0 saturated carbocycles. The summed E-state index contributed by atoms with van der Waals surface area (Å²) in [5, 5.41) is 5.36. The van der Waals surface area contributed by atoms with Crippen molar-refractivity contribution in [1.82, 2.24) is 15.5 Å². The van der Waals surface area contributed by atoms with Crippen molar-refractivity contribution in [3.8, 4) is 5.75 Å². The van der Waals surface area contributed by atoms with E-state index in [9.17, 15) is 9.59 Å². The summed E-state index contributed by atoms with van der Waals surface area (Å²) in [5.41, 5.74) is 8.01. The van der Waals surface area contributed by atoms with E-state index in [0.717, 1.165) is 34.3 Å². The number of thioether (sulfide) groups is 1. The Morgan fingerprint density at radius 3 is 2.47 bits per heavy atom. The molecule has 2 aliphatic rings.